The predicted molar refractivity (Wildman–Crippen MR) is 124 cm³/mol. The zero-order chi connectivity index (χ0) is 23.0. The minimum atomic E-state index is -0.538. The Morgan fingerprint density at radius 2 is 1.76 bits per heavy atom. The second-order valence-electron chi connectivity index (χ2n) is 8.98. The number of hydrogen-bond acceptors (Lipinski definition) is 8. The first kappa shape index (κ1) is 21.5. The molecule has 2 saturated heterocycles. The van der Waals surface area contributed by atoms with Crippen molar-refractivity contribution in [1.82, 2.24) is 30.3 Å². The van der Waals surface area contributed by atoms with Gasteiger partial charge in [0.05, 0.1) is 0 Å². The number of nitrogens with zero attached hydrogens (tertiary/aromatic N) is 6. The molecule has 4 heterocycles. The molecule has 0 saturated carbocycles. The second-order valence-corrected chi connectivity index (χ2v) is 8.98. The number of amides is 1. The summed E-state index contributed by atoms with van der Waals surface area (Å²) in [4.78, 5) is 31.4. The van der Waals surface area contributed by atoms with Crippen molar-refractivity contribution in [2.75, 3.05) is 31.1 Å². The van der Waals surface area contributed by atoms with Crippen LogP contribution in [-0.4, -0.2) is 62.6 Å². The number of rotatable bonds is 4. The largest absolute Gasteiger partial charge is 0.341 e. The molecule has 0 radical (unpaired) electrons. The number of aryl methyl sites for hydroxylation is 3. The van der Waals surface area contributed by atoms with E-state index < -0.39 is 5.54 Å². The van der Waals surface area contributed by atoms with Crippen molar-refractivity contribution in [3.05, 3.63) is 53.1 Å². The standard InChI is InChI=1S/C24H29N7O2/c1-16-14-17(2)27-23(26-16)30-11-8-24(9-12-30)22(32)31(13-10-25-24)15-19-6-4-5-7-20(19)21-28-18(3)29-33-21/h4-7,14,25H,8-13,15H2,1-3H3. The Morgan fingerprint density at radius 3 is 2.45 bits per heavy atom. The van der Waals surface area contributed by atoms with Crippen molar-refractivity contribution >= 4 is 11.9 Å². The molecule has 33 heavy (non-hydrogen) atoms. The molecule has 9 heteroatoms. The first-order valence-corrected chi connectivity index (χ1v) is 11.4. The third kappa shape index (κ3) is 4.20. The van der Waals surface area contributed by atoms with E-state index in [4.69, 9.17) is 4.52 Å². The maximum atomic E-state index is 13.7. The van der Waals surface area contributed by atoms with Crippen molar-refractivity contribution in [1.29, 1.82) is 0 Å². The van der Waals surface area contributed by atoms with E-state index in [9.17, 15) is 4.79 Å². The molecule has 2 aliphatic heterocycles. The highest BCUT2D eigenvalue weighted by molar-refractivity contribution is 5.87. The van der Waals surface area contributed by atoms with Gasteiger partial charge in [0.1, 0.15) is 5.54 Å². The highest BCUT2D eigenvalue weighted by atomic mass is 16.5. The van der Waals surface area contributed by atoms with E-state index in [2.05, 4.69) is 30.3 Å². The van der Waals surface area contributed by atoms with Crippen LogP contribution in [-0.2, 0) is 11.3 Å². The fourth-order valence-corrected chi connectivity index (χ4v) is 4.87. The molecule has 2 aromatic heterocycles. The molecule has 1 N–H and O–H groups in total. The van der Waals surface area contributed by atoms with Gasteiger partial charge in [0.25, 0.3) is 5.89 Å². The first-order chi connectivity index (χ1) is 15.9. The Labute approximate surface area is 193 Å². The smallest absolute Gasteiger partial charge is 0.258 e. The number of hydrogen-bond donors (Lipinski definition) is 1. The highest BCUT2D eigenvalue weighted by Gasteiger charge is 2.46. The van der Waals surface area contributed by atoms with E-state index in [1.54, 1.807) is 6.92 Å². The van der Waals surface area contributed by atoms with Gasteiger partial charge >= 0.3 is 0 Å². The molecule has 3 aromatic rings. The van der Waals surface area contributed by atoms with Crippen LogP contribution in [0, 0.1) is 20.8 Å². The van der Waals surface area contributed by atoms with Crippen LogP contribution in [0.4, 0.5) is 5.95 Å². The minimum absolute atomic E-state index is 0.159. The Bertz CT molecular complexity index is 1150. The second kappa shape index (κ2) is 8.55. The minimum Gasteiger partial charge on any atom is -0.341 e. The maximum Gasteiger partial charge on any atom is 0.258 e. The van der Waals surface area contributed by atoms with E-state index in [0.717, 1.165) is 60.9 Å². The van der Waals surface area contributed by atoms with Gasteiger partial charge in [-0.1, -0.05) is 23.4 Å². The normalized spacial score (nSPS) is 18.2. The average molecular weight is 448 g/mol. The van der Waals surface area contributed by atoms with Crippen LogP contribution in [0.5, 0.6) is 0 Å². The SMILES string of the molecule is Cc1cc(C)nc(N2CCC3(CC2)NCCN(Cc2ccccc2-c2nc(C)no2)C3=O)n1. The number of nitrogens with one attached hydrogen (secondary N) is 1. The van der Waals surface area contributed by atoms with Crippen molar-refractivity contribution in [3.63, 3.8) is 0 Å². The summed E-state index contributed by atoms with van der Waals surface area (Å²) in [6.45, 7) is 9.22. The number of piperazine rings is 1. The summed E-state index contributed by atoms with van der Waals surface area (Å²) in [5.41, 5.74) is 3.27. The van der Waals surface area contributed by atoms with Crippen LogP contribution in [0.3, 0.4) is 0 Å². The van der Waals surface area contributed by atoms with Gasteiger partial charge in [-0.15, -0.1) is 0 Å². The molecule has 1 amide bonds. The molecule has 2 fully saturated rings. The van der Waals surface area contributed by atoms with E-state index in [-0.39, 0.29) is 5.91 Å². The molecule has 1 aromatic carbocycles. The Balaban J connectivity index is 1.32. The molecule has 2 aliphatic rings. The predicted octanol–water partition coefficient (Wildman–Crippen LogP) is 2.42. The first-order valence-electron chi connectivity index (χ1n) is 11.4. The van der Waals surface area contributed by atoms with Gasteiger partial charge in [-0.25, -0.2) is 9.97 Å². The number of anilines is 1. The molecular weight excluding hydrogens is 418 g/mol. The summed E-state index contributed by atoms with van der Waals surface area (Å²) in [5.74, 6) is 2.00. The third-order valence-electron chi connectivity index (χ3n) is 6.55. The van der Waals surface area contributed by atoms with Crippen LogP contribution in [0.2, 0.25) is 0 Å². The summed E-state index contributed by atoms with van der Waals surface area (Å²) in [6.07, 6.45) is 1.45. The van der Waals surface area contributed by atoms with Crippen LogP contribution in [0.25, 0.3) is 11.5 Å². The van der Waals surface area contributed by atoms with E-state index >= 15 is 0 Å². The third-order valence-corrected chi connectivity index (χ3v) is 6.55. The van der Waals surface area contributed by atoms with Gasteiger partial charge in [0.15, 0.2) is 5.82 Å². The Hall–Kier alpha value is -3.33. The summed E-state index contributed by atoms with van der Waals surface area (Å²) >= 11 is 0. The van der Waals surface area contributed by atoms with E-state index in [1.165, 1.54) is 0 Å². The number of aromatic nitrogens is 4. The lowest BCUT2D eigenvalue weighted by Gasteiger charge is -2.47. The maximum absolute atomic E-state index is 13.7. The number of piperidine rings is 1. The molecule has 0 atom stereocenters. The molecule has 1 spiro atoms. The fraction of sp³-hybridized carbons (Fsp3) is 0.458. The lowest BCUT2D eigenvalue weighted by atomic mass is 9.84. The molecule has 5 rings (SSSR count). The van der Waals surface area contributed by atoms with Crippen LogP contribution >= 0.6 is 0 Å². The van der Waals surface area contributed by atoms with Gasteiger partial charge < -0.3 is 19.6 Å². The zero-order valence-corrected chi connectivity index (χ0v) is 19.3. The molecule has 9 nitrogen and oxygen atoms in total. The van der Waals surface area contributed by atoms with Crippen LogP contribution in [0.1, 0.15) is 35.6 Å². The summed E-state index contributed by atoms with van der Waals surface area (Å²) in [6, 6.07) is 9.90. The Kier molecular flexibility index (Phi) is 5.57. The van der Waals surface area contributed by atoms with Crippen LogP contribution in [0.15, 0.2) is 34.9 Å². The van der Waals surface area contributed by atoms with Gasteiger partial charge in [-0.05, 0) is 51.3 Å². The topological polar surface area (TPSA) is 100 Å². The summed E-state index contributed by atoms with van der Waals surface area (Å²) in [7, 11) is 0. The lowest BCUT2D eigenvalue weighted by Crippen LogP contribution is -2.67. The molecular formula is C24H29N7O2. The molecule has 0 bridgehead atoms. The summed E-state index contributed by atoms with van der Waals surface area (Å²) in [5, 5.41) is 7.46. The monoisotopic (exact) mass is 447 g/mol. The van der Waals surface area contributed by atoms with Crippen molar-refractivity contribution < 1.29 is 9.32 Å². The van der Waals surface area contributed by atoms with Gasteiger partial charge in [0, 0.05) is 49.7 Å². The lowest BCUT2D eigenvalue weighted by molar-refractivity contribution is -0.143. The van der Waals surface area contributed by atoms with Crippen LogP contribution < -0.4 is 10.2 Å². The quantitative estimate of drug-likeness (QED) is 0.651. The Morgan fingerprint density at radius 1 is 1.03 bits per heavy atom. The van der Waals surface area contributed by atoms with E-state index in [1.807, 2.05) is 49.1 Å². The van der Waals surface area contributed by atoms with Crippen molar-refractivity contribution in [3.8, 4) is 11.5 Å². The van der Waals surface area contributed by atoms with Gasteiger partial charge in [0.2, 0.25) is 11.9 Å². The molecule has 0 aliphatic carbocycles. The number of benzene rings is 1. The number of carbonyl (C=O) groups excluding carboxylic acids is 1. The molecule has 0 unspecified atom stereocenters. The fourth-order valence-electron chi connectivity index (χ4n) is 4.87. The van der Waals surface area contributed by atoms with Gasteiger partial charge in [-0.2, -0.15) is 4.98 Å². The van der Waals surface area contributed by atoms with Crippen molar-refractivity contribution in [2.45, 2.75) is 45.7 Å². The van der Waals surface area contributed by atoms with Crippen molar-refractivity contribution in [2.24, 2.45) is 0 Å². The summed E-state index contributed by atoms with van der Waals surface area (Å²) < 4.78 is 5.39. The zero-order valence-electron chi connectivity index (χ0n) is 19.3. The van der Waals surface area contributed by atoms with E-state index in [0.29, 0.717) is 24.8 Å². The van der Waals surface area contributed by atoms with Gasteiger partial charge in [-0.3, -0.25) is 4.79 Å². The number of carbonyl (C=O) groups is 1. The highest BCUT2D eigenvalue weighted by Crippen LogP contribution is 2.31. The molecule has 172 valence electrons. The average Bonchev–Trinajstić information content (AvgIpc) is 3.23.